The normalized spacial score (nSPS) is 20.3. The molecule has 0 bridgehead atoms. The van der Waals surface area contributed by atoms with Crippen molar-refractivity contribution in [1.82, 2.24) is 4.90 Å². The summed E-state index contributed by atoms with van der Waals surface area (Å²) in [6, 6.07) is 5.74. The summed E-state index contributed by atoms with van der Waals surface area (Å²) in [5, 5.41) is 19.6. The van der Waals surface area contributed by atoms with E-state index in [9.17, 15) is 41.4 Å². The van der Waals surface area contributed by atoms with Gasteiger partial charge in [-0.25, -0.2) is 0 Å². The van der Waals surface area contributed by atoms with Gasteiger partial charge in [0.05, 0.1) is 23.1 Å². The summed E-state index contributed by atoms with van der Waals surface area (Å²) in [6.07, 6.45) is -8.54. The fourth-order valence-electron chi connectivity index (χ4n) is 5.34. The molecule has 208 valence electrons. The number of fused-ring (bicyclic) bond motifs is 1. The van der Waals surface area contributed by atoms with Crippen LogP contribution in [0.5, 0.6) is 5.75 Å². The average molecular weight is 546 g/mol. The Hall–Kier alpha value is -2.79. The first kappa shape index (κ1) is 28.2. The molecule has 4 rings (SSSR count). The summed E-state index contributed by atoms with van der Waals surface area (Å²) in [5.41, 5.74) is -1.91. The third-order valence-electron chi connectivity index (χ3n) is 7.86. The highest BCUT2D eigenvalue weighted by Crippen LogP contribution is 2.44. The van der Waals surface area contributed by atoms with E-state index in [1.807, 2.05) is 0 Å². The Balaban J connectivity index is 1.52. The molecule has 2 aromatic rings. The van der Waals surface area contributed by atoms with E-state index in [2.05, 4.69) is 0 Å². The summed E-state index contributed by atoms with van der Waals surface area (Å²) < 4.78 is 87.1. The van der Waals surface area contributed by atoms with Crippen molar-refractivity contribution in [3.05, 3.63) is 64.2 Å². The predicted octanol–water partition coefficient (Wildman–Crippen LogP) is 6.40. The second-order valence-electron chi connectivity index (χ2n) is 10.2. The Bertz CT molecular complexity index is 1190. The van der Waals surface area contributed by atoms with Crippen molar-refractivity contribution in [3.63, 3.8) is 0 Å². The molecule has 1 fully saturated rings. The zero-order valence-electron chi connectivity index (χ0n) is 20.9. The Morgan fingerprint density at radius 1 is 0.974 bits per heavy atom. The summed E-state index contributed by atoms with van der Waals surface area (Å²) in [5.74, 6) is -1.62. The highest BCUT2D eigenvalue weighted by atomic mass is 19.4. The number of likely N-dealkylation sites (tertiary alicyclic amines) is 1. The van der Waals surface area contributed by atoms with Crippen LogP contribution in [0, 0.1) is 5.92 Å². The van der Waals surface area contributed by atoms with Crippen molar-refractivity contribution in [2.75, 3.05) is 13.1 Å². The molecule has 2 N–H and O–H groups in total. The zero-order chi connectivity index (χ0) is 28.0. The van der Waals surface area contributed by atoms with Gasteiger partial charge in [0.2, 0.25) is 0 Å². The second kappa shape index (κ2) is 10.1. The third kappa shape index (κ3) is 5.63. The fraction of sp³-hybridized carbons (Fsp3) is 0.519. The standard InChI is InChI=1S/C27H29F6NO4/c1-15(24(36)37)23(35)18-4-3-17-7-8-25(38-22(17)13-18)9-11-34(12-10-25)16(2)20-14-19(26(28,29)30)5-6-21(20)27(31,32)33/h3-6,13-16,23,35H,7-12H2,1-2H3,(H,36,37)/t15-,16-,23+/m0/s1. The zero-order valence-corrected chi connectivity index (χ0v) is 20.9. The van der Waals surface area contributed by atoms with E-state index >= 15 is 0 Å². The predicted molar refractivity (Wildman–Crippen MR) is 126 cm³/mol. The largest absolute Gasteiger partial charge is 0.487 e. The third-order valence-corrected chi connectivity index (χ3v) is 7.86. The number of aliphatic hydroxyl groups excluding tert-OH is 1. The van der Waals surface area contributed by atoms with Crippen molar-refractivity contribution >= 4 is 5.97 Å². The van der Waals surface area contributed by atoms with E-state index in [1.165, 1.54) is 13.8 Å². The van der Waals surface area contributed by atoms with Gasteiger partial charge in [0.1, 0.15) is 11.4 Å². The van der Waals surface area contributed by atoms with E-state index < -0.39 is 58.7 Å². The summed E-state index contributed by atoms with van der Waals surface area (Å²) in [7, 11) is 0. The molecule has 0 aliphatic carbocycles. The quantitative estimate of drug-likeness (QED) is 0.426. The first-order chi connectivity index (χ1) is 17.6. The lowest BCUT2D eigenvalue weighted by molar-refractivity contribution is -0.145. The molecule has 3 atom stereocenters. The molecule has 0 unspecified atom stereocenters. The highest BCUT2D eigenvalue weighted by molar-refractivity contribution is 5.70. The molecule has 5 nitrogen and oxygen atoms in total. The number of ether oxygens (including phenoxy) is 1. The number of carbonyl (C=O) groups is 1. The molecule has 38 heavy (non-hydrogen) atoms. The number of aryl methyl sites for hydroxylation is 1. The van der Waals surface area contributed by atoms with Crippen LogP contribution in [0.2, 0.25) is 0 Å². The van der Waals surface area contributed by atoms with Gasteiger partial charge in [-0.3, -0.25) is 9.69 Å². The lowest BCUT2D eigenvalue weighted by atomic mass is 9.82. The number of piperidine rings is 1. The van der Waals surface area contributed by atoms with E-state index in [0.29, 0.717) is 68.3 Å². The van der Waals surface area contributed by atoms with Gasteiger partial charge in [0.25, 0.3) is 0 Å². The summed E-state index contributed by atoms with van der Waals surface area (Å²) >= 11 is 0. The number of carboxylic acids is 1. The van der Waals surface area contributed by atoms with Crippen LogP contribution in [-0.4, -0.2) is 39.8 Å². The van der Waals surface area contributed by atoms with Crippen molar-refractivity contribution in [3.8, 4) is 5.75 Å². The minimum absolute atomic E-state index is 0.322. The lowest BCUT2D eigenvalue weighted by Gasteiger charge is -2.46. The number of halogens is 6. The minimum atomic E-state index is -4.79. The molecule has 2 aliphatic heterocycles. The van der Waals surface area contributed by atoms with Crippen LogP contribution in [0.3, 0.4) is 0 Å². The van der Waals surface area contributed by atoms with Gasteiger partial charge < -0.3 is 14.9 Å². The molecule has 1 spiro atoms. The SMILES string of the molecule is C[C@H](C(=O)O)[C@@H](O)c1ccc2c(c1)OC1(CC2)CCN([C@@H](C)c2cc(C(F)(F)F)ccc2C(F)(F)F)CC1. The molecule has 0 aromatic heterocycles. The number of aliphatic hydroxyl groups is 1. The van der Waals surface area contributed by atoms with Gasteiger partial charge in [0.15, 0.2) is 0 Å². The van der Waals surface area contributed by atoms with Gasteiger partial charge in [-0.05, 0) is 80.5 Å². The topological polar surface area (TPSA) is 70.0 Å². The van der Waals surface area contributed by atoms with Crippen LogP contribution in [0.25, 0.3) is 0 Å². The number of hydrogen-bond donors (Lipinski definition) is 2. The summed E-state index contributed by atoms with van der Waals surface area (Å²) in [6.45, 7) is 3.53. The van der Waals surface area contributed by atoms with Crippen molar-refractivity contribution < 1.29 is 46.1 Å². The number of rotatable bonds is 5. The summed E-state index contributed by atoms with van der Waals surface area (Å²) in [4.78, 5) is 13.0. The van der Waals surface area contributed by atoms with Crippen LogP contribution in [-0.2, 0) is 23.6 Å². The molecular formula is C27H29F6NO4. The number of nitrogens with zero attached hydrogens (tertiary/aromatic N) is 1. The van der Waals surface area contributed by atoms with Gasteiger partial charge in [-0.1, -0.05) is 12.1 Å². The second-order valence-corrected chi connectivity index (χ2v) is 10.2. The Labute approximate surface area is 216 Å². The molecule has 0 radical (unpaired) electrons. The first-order valence-corrected chi connectivity index (χ1v) is 12.4. The van der Waals surface area contributed by atoms with E-state index in [4.69, 9.17) is 4.74 Å². The highest BCUT2D eigenvalue weighted by Gasteiger charge is 2.43. The Kier molecular flexibility index (Phi) is 7.48. The maximum absolute atomic E-state index is 13.6. The molecule has 2 heterocycles. The molecule has 11 heteroatoms. The van der Waals surface area contributed by atoms with Crippen molar-refractivity contribution in [2.24, 2.45) is 5.92 Å². The Morgan fingerprint density at radius 3 is 2.21 bits per heavy atom. The number of carboxylic acid groups (broad SMARTS) is 1. The monoisotopic (exact) mass is 545 g/mol. The average Bonchev–Trinajstić information content (AvgIpc) is 2.86. The van der Waals surface area contributed by atoms with Crippen molar-refractivity contribution in [1.29, 1.82) is 0 Å². The smallest absolute Gasteiger partial charge is 0.416 e. The van der Waals surface area contributed by atoms with Gasteiger partial charge >= 0.3 is 18.3 Å². The number of aliphatic carboxylic acids is 1. The molecule has 2 aromatic carbocycles. The lowest BCUT2D eigenvalue weighted by Crippen LogP contribution is -2.50. The number of alkyl halides is 6. The van der Waals surface area contributed by atoms with Gasteiger partial charge in [-0.15, -0.1) is 0 Å². The van der Waals surface area contributed by atoms with Crippen LogP contribution in [0.15, 0.2) is 36.4 Å². The van der Waals surface area contributed by atoms with E-state index in [0.717, 1.165) is 5.56 Å². The number of benzene rings is 2. The Morgan fingerprint density at radius 2 is 1.63 bits per heavy atom. The molecule has 0 amide bonds. The number of hydrogen-bond acceptors (Lipinski definition) is 4. The fourth-order valence-corrected chi connectivity index (χ4v) is 5.34. The molecule has 2 aliphatic rings. The minimum Gasteiger partial charge on any atom is -0.487 e. The maximum Gasteiger partial charge on any atom is 0.416 e. The van der Waals surface area contributed by atoms with Crippen LogP contribution >= 0.6 is 0 Å². The van der Waals surface area contributed by atoms with Crippen molar-refractivity contribution in [2.45, 2.75) is 69.6 Å². The van der Waals surface area contributed by atoms with E-state index in [-0.39, 0.29) is 0 Å². The van der Waals surface area contributed by atoms with Gasteiger partial charge in [-0.2, -0.15) is 26.3 Å². The maximum atomic E-state index is 13.6. The van der Waals surface area contributed by atoms with Crippen LogP contribution < -0.4 is 4.74 Å². The molecule has 1 saturated heterocycles. The van der Waals surface area contributed by atoms with E-state index in [1.54, 1.807) is 23.1 Å². The molecular weight excluding hydrogens is 516 g/mol. The van der Waals surface area contributed by atoms with Gasteiger partial charge in [0, 0.05) is 19.1 Å². The first-order valence-electron chi connectivity index (χ1n) is 12.4. The van der Waals surface area contributed by atoms with Crippen LogP contribution in [0.4, 0.5) is 26.3 Å². The molecule has 0 saturated carbocycles. The van der Waals surface area contributed by atoms with Crippen LogP contribution in [0.1, 0.15) is 73.1 Å².